The van der Waals surface area contributed by atoms with Crippen molar-refractivity contribution in [3.8, 4) is 0 Å². The first-order chi connectivity index (χ1) is 7.23. The molecule has 4 N–H and O–H groups in total. The van der Waals surface area contributed by atoms with E-state index in [1.54, 1.807) is 4.90 Å². The number of nitrogens with two attached hydrogens (primary N) is 2. The summed E-state index contributed by atoms with van der Waals surface area (Å²) in [5, 5.41) is 0. The van der Waals surface area contributed by atoms with Crippen LogP contribution in [0, 0.1) is 11.3 Å². The van der Waals surface area contributed by atoms with Gasteiger partial charge in [-0.25, -0.2) is 0 Å². The van der Waals surface area contributed by atoms with Crippen LogP contribution in [0.5, 0.6) is 0 Å². The summed E-state index contributed by atoms with van der Waals surface area (Å²) in [6.07, 6.45) is 0.651. The Kier molecular flexibility index (Phi) is 3.57. The van der Waals surface area contributed by atoms with Gasteiger partial charge in [0.05, 0.1) is 12.0 Å². The van der Waals surface area contributed by atoms with Crippen molar-refractivity contribution in [2.75, 3.05) is 13.1 Å². The zero-order valence-electron chi connectivity index (χ0n) is 10.2. The SMILES string of the molecule is CC(C)(C)C(N)C(=O)N1CCC(C(N)=O)C1. The molecule has 5 nitrogen and oxygen atoms in total. The van der Waals surface area contributed by atoms with Gasteiger partial charge in [0.25, 0.3) is 0 Å². The Morgan fingerprint density at radius 1 is 1.38 bits per heavy atom. The summed E-state index contributed by atoms with van der Waals surface area (Å²) in [5.41, 5.74) is 10.8. The maximum absolute atomic E-state index is 12.0. The van der Waals surface area contributed by atoms with Gasteiger partial charge < -0.3 is 16.4 Å². The molecule has 2 amide bonds. The fraction of sp³-hybridized carbons (Fsp3) is 0.818. The van der Waals surface area contributed by atoms with Crippen LogP contribution in [0.3, 0.4) is 0 Å². The minimum atomic E-state index is -0.529. The van der Waals surface area contributed by atoms with Gasteiger partial charge in [-0.2, -0.15) is 0 Å². The number of hydrogen-bond donors (Lipinski definition) is 2. The fourth-order valence-electron chi connectivity index (χ4n) is 1.76. The third-order valence-corrected chi connectivity index (χ3v) is 3.10. The lowest BCUT2D eigenvalue weighted by atomic mass is 9.86. The summed E-state index contributed by atoms with van der Waals surface area (Å²) < 4.78 is 0. The molecule has 1 fully saturated rings. The van der Waals surface area contributed by atoms with Gasteiger partial charge in [0, 0.05) is 13.1 Å². The average Bonchev–Trinajstić information content (AvgIpc) is 2.62. The van der Waals surface area contributed by atoms with Gasteiger partial charge in [0.1, 0.15) is 0 Å². The summed E-state index contributed by atoms with van der Waals surface area (Å²) in [7, 11) is 0. The predicted octanol–water partition coefficient (Wildman–Crippen LogP) is -0.306. The topological polar surface area (TPSA) is 89.4 Å². The Morgan fingerprint density at radius 2 is 1.94 bits per heavy atom. The highest BCUT2D eigenvalue weighted by atomic mass is 16.2. The molecule has 5 heteroatoms. The molecule has 0 aliphatic carbocycles. The molecule has 2 atom stereocenters. The molecule has 0 bridgehead atoms. The summed E-state index contributed by atoms with van der Waals surface area (Å²) in [5.74, 6) is -0.632. The van der Waals surface area contributed by atoms with Crippen molar-refractivity contribution in [2.45, 2.75) is 33.2 Å². The van der Waals surface area contributed by atoms with Crippen molar-refractivity contribution in [1.82, 2.24) is 4.90 Å². The lowest BCUT2D eigenvalue weighted by Gasteiger charge is -2.29. The number of rotatable bonds is 2. The number of nitrogens with zero attached hydrogens (tertiary/aromatic N) is 1. The summed E-state index contributed by atoms with van der Waals surface area (Å²) >= 11 is 0. The summed E-state index contributed by atoms with van der Waals surface area (Å²) in [6.45, 7) is 6.78. The van der Waals surface area contributed by atoms with Crippen LogP contribution in [0.1, 0.15) is 27.2 Å². The number of amides is 2. The minimum Gasteiger partial charge on any atom is -0.369 e. The average molecular weight is 227 g/mol. The van der Waals surface area contributed by atoms with E-state index in [1.165, 1.54) is 0 Å². The molecule has 0 saturated carbocycles. The Balaban J connectivity index is 2.61. The van der Waals surface area contributed by atoms with Gasteiger partial charge in [0.2, 0.25) is 11.8 Å². The Bertz CT molecular complexity index is 296. The van der Waals surface area contributed by atoms with E-state index in [4.69, 9.17) is 11.5 Å². The van der Waals surface area contributed by atoms with Crippen LogP contribution in [0.4, 0.5) is 0 Å². The van der Waals surface area contributed by atoms with E-state index in [9.17, 15) is 9.59 Å². The number of likely N-dealkylation sites (tertiary alicyclic amines) is 1. The molecule has 2 unspecified atom stereocenters. The quantitative estimate of drug-likeness (QED) is 0.678. The molecule has 0 aromatic carbocycles. The number of hydrogen-bond acceptors (Lipinski definition) is 3. The van der Waals surface area contributed by atoms with E-state index >= 15 is 0 Å². The molecule has 1 heterocycles. The van der Waals surface area contributed by atoms with Crippen molar-refractivity contribution in [1.29, 1.82) is 0 Å². The number of carbonyl (C=O) groups is 2. The highest BCUT2D eigenvalue weighted by molar-refractivity contribution is 5.84. The molecule has 92 valence electrons. The molecule has 0 spiro atoms. The smallest absolute Gasteiger partial charge is 0.240 e. The lowest BCUT2D eigenvalue weighted by Crippen LogP contribution is -2.50. The molecule has 0 aromatic heterocycles. The molecule has 1 saturated heterocycles. The summed E-state index contributed by atoms with van der Waals surface area (Å²) in [6, 6.07) is -0.529. The molecule has 1 rings (SSSR count). The molecular formula is C11H21N3O2. The maximum atomic E-state index is 12.0. The zero-order chi connectivity index (χ0) is 12.5. The second-order valence-corrected chi connectivity index (χ2v) is 5.52. The second-order valence-electron chi connectivity index (χ2n) is 5.52. The van der Waals surface area contributed by atoms with Gasteiger partial charge in [0.15, 0.2) is 0 Å². The van der Waals surface area contributed by atoms with Gasteiger partial charge in [-0.1, -0.05) is 20.8 Å². The third-order valence-electron chi connectivity index (χ3n) is 3.10. The van der Waals surface area contributed by atoms with E-state index in [-0.39, 0.29) is 23.1 Å². The highest BCUT2D eigenvalue weighted by Gasteiger charge is 2.36. The largest absolute Gasteiger partial charge is 0.369 e. The minimum absolute atomic E-state index is 0.0868. The molecule has 16 heavy (non-hydrogen) atoms. The van der Waals surface area contributed by atoms with Crippen LogP contribution < -0.4 is 11.5 Å². The molecular weight excluding hydrogens is 206 g/mol. The highest BCUT2D eigenvalue weighted by Crippen LogP contribution is 2.22. The van der Waals surface area contributed by atoms with Crippen LogP contribution >= 0.6 is 0 Å². The van der Waals surface area contributed by atoms with Crippen molar-refractivity contribution in [2.24, 2.45) is 22.8 Å². The fourth-order valence-corrected chi connectivity index (χ4v) is 1.76. The standard InChI is InChI=1S/C11H21N3O2/c1-11(2,3)8(12)10(16)14-5-4-7(6-14)9(13)15/h7-8H,4-6,12H2,1-3H3,(H2,13,15). The normalized spacial score (nSPS) is 23.2. The number of primary amides is 1. The van der Waals surface area contributed by atoms with Crippen molar-refractivity contribution < 1.29 is 9.59 Å². The molecule has 1 aliphatic heterocycles. The molecule has 0 aromatic rings. The van der Waals surface area contributed by atoms with Crippen LogP contribution in [0.25, 0.3) is 0 Å². The van der Waals surface area contributed by atoms with E-state index in [0.29, 0.717) is 19.5 Å². The third kappa shape index (κ3) is 2.72. The van der Waals surface area contributed by atoms with E-state index in [0.717, 1.165) is 0 Å². The predicted molar refractivity (Wildman–Crippen MR) is 61.3 cm³/mol. The van der Waals surface area contributed by atoms with Crippen LogP contribution in [0.2, 0.25) is 0 Å². The van der Waals surface area contributed by atoms with E-state index in [2.05, 4.69) is 0 Å². The second kappa shape index (κ2) is 4.41. The van der Waals surface area contributed by atoms with E-state index in [1.807, 2.05) is 20.8 Å². The van der Waals surface area contributed by atoms with Crippen molar-refractivity contribution in [3.05, 3.63) is 0 Å². The van der Waals surface area contributed by atoms with Gasteiger partial charge in [-0.05, 0) is 11.8 Å². The Hall–Kier alpha value is -1.10. The first-order valence-corrected chi connectivity index (χ1v) is 5.57. The summed E-state index contributed by atoms with van der Waals surface area (Å²) in [4.78, 5) is 24.6. The molecule has 1 aliphatic rings. The van der Waals surface area contributed by atoms with Gasteiger partial charge >= 0.3 is 0 Å². The Morgan fingerprint density at radius 3 is 2.31 bits per heavy atom. The monoisotopic (exact) mass is 227 g/mol. The van der Waals surface area contributed by atoms with Crippen molar-refractivity contribution >= 4 is 11.8 Å². The lowest BCUT2D eigenvalue weighted by molar-refractivity contribution is -0.134. The first kappa shape index (κ1) is 13.0. The van der Waals surface area contributed by atoms with Gasteiger partial charge in [-0.3, -0.25) is 9.59 Å². The molecule has 0 radical (unpaired) electrons. The van der Waals surface area contributed by atoms with E-state index < -0.39 is 6.04 Å². The zero-order valence-corrected chi connectivity index (χ0v) is 10.2. The van der Waals surface area contributed by atoms with Gasteiger partial charge in [-0.15, -0.1) is 0 Å². The first-order valence-electron chi connectivity index (χ1n) is 5.57. The number of carbonyl (C=O) groups excluding carboxylic acids is 2. The van der Waals surface area contributed by atoms with Crippen LogP contribution in [0.15, 0.2) is 0 Å². The maximum Gasteiger partial charge on any atom is 0.240 e. The Labute approximate surface area is 96.1 Å². The van der Waals surface area contributed by atoms with Crippen molar-refractivity contribution in [3.63, 3.8) is 0 Å². The van der Waals surface area contributed by atoms with Crippen LogP contribution in [-0.2, 0) is 9.59 Å². The van der Waals surface area contributed by atoms with Crippen LogP contribution in [-0.4, -0.2) is 35.8 Å².